The van der Waals surface area contributed by atoms with Gasteiger partial charge in [-0.3, -0.25) is 4.79 Å². The van der Waals surface area contributed by atoms with E-state index in [0.717, 1.165) is 12.1 Å². The van der Waals surface area contributed by atoms with Crippen LogP contribution in [0.2, 0.25) is 0 Å². The van der Waals surface area contributed by atoms with Crippen LogP contribution in [0.15, 0.2) is 54.5 Å². The third-order valence-electron chi connectivity index (χ3n) is 3.99. The molecular formula is C18H21N3O. The molecule has 4 heteroatoms. The number of carbonyl (C=O) groups excluding carboxylic acids is 1. The van der Waals surface area contributed by atoms with Crippen molar-refractivity contribution in [1.82, 2.24) is 14.9 Å². The average molecular weight is 295 g/mol. The van der Waals surface area contributed by atoms with Crippen molar-refractivity contribution in [3.05, 3.63) is 60.2 Å². The summed E-state index contributed by atoms with van der Waals surface area (Å²) in [4.78, 5) is 16.3. The van der Waals surface area contributed by atoms with E-state index in [-0.39, 0.29) is 5.91 Å². The molecule has 0 radical (unpaired) electrons. The van der Waals surface area contributed by atoms with E-state index >= 15 is 0 Å². The third kappa shape index (κ3) is 3.64. The van der Waals surface area contributed by atoms with Crippen molar-refractivity contribution in [2.45, 2.75) is 32.1 Å². The van der Waals surface area contributed by atoms with Crippen molar-refractivity contribution in [2.75, 3.05) is 6.54 Å². The fraction of sp³-hybridized carbons (Fsp3) is 0.333. The average Bonchev–Trinajstić information content (AvgIpc) is 3.07. The van der Waals surface area contributed by atoms with Gasteiger partial charge in [-0.1, -0.05) is 29.8 Å². The van der Waals surface area contributed by atoms with E-state index in [1.807, 2.05) is 34.9 Å². The lowest BCUT2D eigenvalue weighted by molar-refractivity contribution is 0.0949. The highest BCUT2D eigenvalue weighted by atomic mass is 16.1. The van der Waals surface area contributed by atoms with Crippen LogP contribution in [0.1, 0.15) is 42.6 Å². The summed E-state index contributed by atoms with van der Waals surface area (Å²) in [6.07, 6.45) is 11.7. The molecule has 1 heterocycles. The number of amides is 1. The lowest BCUT2D eigenvalue weighted by Crippen LogP contribution is -2.25. The van der Waals surface area contributed by atoms with Gasteiger partial charge in [-0.25, -0.2) is 4.98 Å². The van der Waals surface area contributed by atoms with Crippen molar-refractivity contribution in [3.63, 3.8) is 0 Å². The van der Waals surface area contributed by atoms with E-state index in [1.165, 1.54) is 31.3 Å². The molecule has 114 valence electrons. The summed E-state index contributed by atoms with van der Waals surface area (Å²) in [5, 5.41) is 2.96. The van der Waals surface area contributed by atoms with Gasteiger partial charge < -0.3 is 9.88 Å². The summed E-state index contributed by atoms with van der Waals surface area (Å²) in [7, 11) is 0. The Morgan fingerprint density at radius 3 is 2.86 bits per heavy atom. The van der Waals surface area contributed by atoms with Crippen LogP contribution in [-0.4, -0.2) is 22.0 Å². The van der Waals surface area contributed by atoms with Crippen molar-refractivity contribution in [2.24, 2.45) is 0 Å². The van der Waals surface area contributed by atoms with Gasteiger partial charge in [-0.05, 0) is 44.2 Å². The second-order valence-electron chi connectivity index (χ2n) is 5.62. The molecular weight excluding hydrogens is 274 g/mol. The van der Waals surface area contributed by atoms with Crippen LogP contribution in [0.3, 0.4) is 0 Å². The van der Waals surface area contributed by atoms with Gasteiger partial charge in [-0.15, -0.1) is 0 Å². The maximum Gasteiger partial charge on any atom is 0.271 e. The van der Waals surface area contributed by atoms with Gasteiger partial charge in [-0.2, -0.15) is 0 Å². The zero-order chi connectivity index (χ0) is 15.2. The molecule has 1 aliphatic carbocycles. The van der Waals surface area contributed by atoms with Gasteiger partial charge in [0, 0.05) is 18.4 Å². The quantitative estimate of drug-likeness (QED) is 0.858. The number of para-hydroxylation sites is 1. The second kappa shape index (κ2) is 7.07. The summed E-state index contributed by atoms with van der Waals surface area (Å²) < 4.78 is 1.86. The molecule has 22 heavy (non-hydrogen) atoms. The normalized spacial score (nSPS) is 14.5. The van der Waals surface area contributed by atoms with Gasteiger partial charge >= 0.3 is 0 Å². The smallest absolute Gasteiger partial charge is 0.271 e. The van der Waals surface area contributed by atoms with E-state index in [2.05, 4.69) is 16.4 Å². The van der Waals surface area contributed by atoms with Gasteiger partial charge in [0.15, 0.2) is 0 Å². The molecule has 1 N–H and O–H groups in total. The fourth-order valence-corrected chi connectivity index (χ4v) is 2.74. The van der Waals surface area contributed by atoms with E-state index < -0.39 is 0 Å². The van der Waals surface area contributed by atoms with Crippen LogP contribution < -0.4 is 5.32 Å². The van der Waals surface area contributed by atoms with Crippen molar-refractivity contribution in [3.8, 4) is 5.69 Å². The van der Waals surface area contributed by atoms with Crippen molar-refractivity contribution in [1.29, 1.82) is 0 Å². The van der Waals surface area contributed by atoms with Crippen LogP contribution >= 0.6 is 0 Å². The number of aromatic nitrogens is 2. The Labute approximate surface area is 130 Å². The molecule has 0 unspecified atom stereocenters. The molecule has 0 bridgehead atoms. The van der Waals surface area contributed by atoms with Gasteiger partial charge in [0.2, 0.25) is 0 Å². The molecule has 2 aromatic rings. The molecule has 0 saturated carbocycles. The van der Waals surface area contributed by atoms with E-state index in [1.54, 1.807) is 12.5 Å². The summed E-state index contributed by atoms with van der Waals surface area (Å²) in [6, 6.07) is 9.87. The van der Waals surface area contributed by atoms with Gasteiger partial charge in [0.05, 0.1) is 0 Å². The predicted molar refractivity (Wildman–Crippen MR) is 87.1 cm³/mol. The van der Waals surface area contributed by atoms with Crippen molar-refractivity contribution < 1.29 is 4.79 Å². The molecule has 0 spiro atoms. The Balaban J connectivity index is 1.54. The molecule has 1 aromatic carbocycles. The first-order valence-corrected chi connectivity index (χ1v) is 7.88. The highest BCUT2D eigenvalue weighted by Crippen LogP contribution is 2.19. The highest BCUT2D eigenvalue weighted by molar-refractivity contribution is 5.92. The molecule has 4 nitrogen and oxygen atoms in total. The first-order valence-electron chi connectivity index (χ1n) is 7.88. The fourth-order valence-electron chi connectivity index (χ4n) is 2.74. The summed E-state index contributed by atoms with van der Waals surface area (Å²) >= 11 is 0. The number of benzene rings is 1. The number of nitrogens with one attached hydrogen (secondary N) is 1. The Morgan fingerprint density at radius 2 is 2.09 bits per heavy atom. The van der Waals surface area contributed by atoms with Crippen LogP contribution in [0.25, 0.3) is 5.69 Å². The second-order valence-corrected chi connectivity index (χ2v) is 5.62. The maximum atomic E-state index is 12.1. The molecule has 1 aliphatic rings. The number of hydrogen-bond acceptors (Lipinski definition) is 2. The minimum Gasteiger partial charge on any atom is -0.350 e. The first kappa shape index (κ1) is 14.6. The number of allylic oxidation sites excluding steroid dienone is 1. The number of rotatable bonds is 5. The zero-order valence-corrected chi connectivity index (χ0v) is 12.7. The number of nitrogens with zero attached hydrogens (tertiary/aromatic N) is 2. The van der Waals surface area contributed by atoms with Crippen molar-refractivity contribution >= 4 is 5.91 Å². The number of imidazole rings is 1. The lowest BCUT2D eigenvalue weighted by atomic mass is 9.97. The maximum absolute atomic E-state index is 12.1. The van der Waals surface area contributed by atoms with E-state index in [4.69, 9.17) is 0 Å². The Morgan fingerprint density at radius 1 is 1.23 bits per heavy atom. The zero-order valence-electron chi connectivity index (χ0n) is 12.7. The summed E-state index contributed by atoms with van der Waals surface area (Å²) in [5.41, 5.74) is 2.93. The minimum atomic E-state index is -0.105. The van der Waals surface area contributed by atoms with Crippen LogP contribution in [0.4, 0.5) is 0 Å². The number of carbonyl (C=O) groups is 1. The standard InChI is InChI=1S/C18H21N3O/c22-18(19-12-11-15-7-3-1-4-8-15)17-13-21(14-20-17)16-9-5-2-6-10-16/h2,5-7,9-10,13-14H,1,3-4,8,11-12H2,(H,19,22). The molecule has 1 amide bonds. The summed E-state index contributed by atoms with van der Waals surface area (Å²) in [5.74, 6) is -0.105. The number of hydrogen-bond donors (Lipinski definition) is 1. The Kier molecular flexibility index (Phi) is 4.68. The van der Waals surface area contributed by atoms with Crippen LogP contribution in [0, 0.1) is 0 Å². The monoisotopic (exact) mass is 295 g/mol. The van der Waals surface area contributed by atoms with Gasteiger partial charge in [0.1, 0.15) is 12.0 Å². The molecule has 0 atom stereocenters. The summed E-state index contributed by atoms with van der Waals surface area (Å²) in [6.45, 7) is 0.683. The minimum absolute atomic E-state index is 0.105. The third-order valence-corrected chi connectivity index (χ3v) is 3.99. The lowest BCUT2D eigenvalue weighted by Gasteiger charge is -2.12. The van der Waals surface area contributed by atoms with E-state index in [0.29, 0.717) is 12.2 Å². The highest BCUT2D eigenvalue weighted by Gasteiger charge is 2.10. The Bertz CT molecular complexity index is 658. The van der Waals surface area contributed by atoms with Gasteiger partial charge in [0.25, 0.3) is 5.91 Å². The predicted octanol–water partition coefficient (Wildman–Crippen LogP) is 3.49. The topological polar surface area (TPSA) is 46.9 Å². The van der Waals surface area contributed by atoms with E-state index in [9.17, 15) is 4.79 Å². The largest absolute Gasteiger partial charge is 0.350 e. The molecule has 0 saturated heterocycles. The Hall–Kier alpha value is -2.36. The van der Waals surface area contributed by atoms with Crippen LogP contribution in [0.5, 0.6) is 0 Å². The molecule has 0 fully saturated rings. The molecule has 1 aromatic heterocycles. The SMILES string of the molecule is O=C(NCCC1=CCCCC1)c1cn(-c2ccccc2)cn1. The van der Waals surface area contributed by atoms with Crippen LogP contribution in [-0.2, 0) is 0 Å². The first-order chi connectivity index (χ1) is 10.8. The molecule has 0 aliphatic heterocycles. The molecule has 3 rings (SSSR count).